The van der Waals surface area contributed by atoms with Gasteiger partial charge < -0.3 is 9.88 Å². The molecule has 0 amide bonds. The molecule has 3 aromatic rings. The lowest BCUT2D eigenvalue weighted by Gasteiger charge is -2.31. The lowest BCUT2D eigenvalue weighted by Crippen LogP contribution is -2.33. The molecule has 4 rings (SSSR count). The molecule has 1 fully saturated rings. The molecule has 0 aliphatic carbocycles. The van der Waals surface area contributed by atoms with Gasteiger partial charge in [0.15, 0.2) is 0 Å². The van der Waals surface area contributed by atoms with Gasteiger partial charge in [-0.1, -0.05) is 12.1 Å². The number of nitrogens with one attached hydrogen (secondary N) is 1. The van der Waals surface area contributed by atoms with Crippen molar-refractivity contribution in [2.45, 2.75) is 45.2 Å². The molecule has 1 N–H and O–H groups in total. The lowest BCUT2D eigenvalue weighted by atomic mass is 9.95. The first-order valence-electron chi connectivity index (χ1n) is 9.81. The average Bonchev–Trinajstić information content (AvgIpc) is 3.01. The van der Waals surface area contributed by atoms with E-state index in [0.717, 1.165) is 38.0 Å². The van der Waals surface area contributed by atoms with Gasteiger partial charge in [-0.25, -0.2) is 15.0 Å². The van der Waals surface area contributed by atoms with Crippen molar-refractivity contribution in [1.82, 2.24) is 24.4 Å². The normalized spacial score (nSPS) is 16.3. The van der Waals surface area contributed by atoms with Crippen LogP contribution in [0, 0.1) is 0 Å². The number of hydrogen-bond acceptors (Lipinski definition) is 5. The van der Waals surface area contributed by atoms with Crippen LogP contribution >= 0.6 is 0 Å². The summed E-state index contributed by atoms with van der Waals surface area (Å²) < 4.78 is 2.27. The van der Waals surface area contributed by atoms with Crippen molar-refractivity contribution >= 4 is 17.0 Å². The predicted molar refractivity (Wildman–Crippen MR) is 109 cm³/mol. The zero-order valence-electron chi connectivity index (χ0n) is 16.4. The third kappa shape index (κ3) is 3.95. The zero-order valence-corrected chi connectivity index (χ0v) is 16.4. The SMILES string of the molecule is CC(C)Nc1ncc(CN2CCC(c3nc4ccccc4n3C)CC2)cn1. The largest absolute Gasteiger partial charge is 0.352 e. The highest BCUT2D eigenvalue weighted by atomic mass is 15.1. The van der Waals surface area contributed by atoms with Gasteiger partial charge in [0.2, 0.25) is 5.95 Å². The third-order valence-electron chi connectivity index (χ3n) is 5.30. The van der Waals surface area contributed by atoms with Crippen LogP contribution in [-0.2, 0) is 13.6 Å². The second-order valence-electron chi connectivity index (χ2n) is 7.78. The second-order valence-corrected chi connectivity index (χ2v) is 7.78. The van der Waals surface area contributed by atoms with Crippen LogP contribution in [0.2, 0.25) is 0 Å². The van der Waals surface area contributed by atoms with Gasteiger partial charge in [-0.3, -0.25) is 4.90 Å². The van der Waals surface area contributed by atoms with Crippen molar-refractivity contribution in [3.8, 4) is 0 Å². The number of anilines is 1. The van der Waals surface area contributed by atoms with Crippen molar-refractivity contribution in [3.63, 3.8) is 0 Å². The summed E-state index contributed by atoms with van der Waals surface area (Å²) in [4.78, 5) is 16.2. The van der Waals surface area contributed by atoms with Crippen LogP contribution < -0.4 is 5.32 Å². The fraction of sp³-hybridized carbons (Fsp3) is 0.476. The maximum atomic E-state index is 4.90. The molecule has 0 atom stereocenters. The minimum Gasteiger partial charge on any atom is -0.352 e. The molecule has 142 valence electrons. The summed E-state index contributed by atoms with van der Waals surface area (Å²) in [5.41, 5.74) is 3.50. The van der Waals surface area contributed by atoms with Gasteiger partial charge in [-0.2, -0.15) is 0 Å². The Bertz CT molecular complexity index is 891. The van der Waals surface area contributed by atoms with E-state index < -0.39 is 0 Å². The zero-order chi connectivity index (χ0) is 18.8. The average molecular weight is 364 g/mol. The predicted octanol–water partition coefficient (Wildman–Crippen LogP) is 3.56. The first kappa shape index (κ1) is 17.9. The molecular formula is C21H28N6. The molecule has 6 heteroatoms. The molecule has 27 heavy (non-hydrogen) atoms. The maximum absolute atomic E-state index is 4.90. The van der Waals surface area contributed by atoms with E-state index in [2.05, 4.69) is 69.9 Å². The number of fused-ring (bicyclic) bond motifs is 1. The molecule has 2 aromatic heterocycles. The summed E-state index contributed by atoms with van der Waals surface area (Å²) in [5, 5.41) is 3.23. The van der Waals surface area contributed by atoms with E-state index in [4.69, 9.17) is 4.98 Å². The molecule has 3 heterocycles. The Balaban J connectivity index is 1.36. The Morgan fingerprint density at radius 2 is 1.81 bits per heavy atom. The van der Waals surface area contributed by atoms with Crippen LogP contribution in [0.4, 0.5) is 5.95 Å². The van der Waals surface area contributed by atoms with Crippen LogP contribution in [0.25, 0.3) is 11.0 Å². The topological polar surface area (TPSA) is 58.9 Å². The summed E-state index contributed by atoms with van der Waals surface area (Å²) >= 11 is 0. The van der Waals surface area contributed by atoms with Crippen LogP contribution in [0.3, 0.4) is 0 Å². The number of nitrogens with zero attached hydrogens (tertiary/aromatic N) is 5. The van der Waals surface area contributed by atoms with Gasteiger partial charge in [0, 0.05) is 43.5 Å². The molecule has 1 aliphatic rings. The van der Waals surface area contributed by atoms with Crippen LogP contribution in [-0.4, -0.2) is 43.6 Å². The van der Waals surface area contributed by atoms with Crippen molar-refractivity contribution in [3.05, 3.63) is 48.0 Å². The Hall–Kier alpha value is -2.47. The van der Waals surface area contributed by atoms with Crippen LogP contribution in [0.15, 0.2) is 36.7 Å². The minimum absolute atomic E-state index is 0.345. The first-order valence-corrected chi connectivity index (χ1v) is 9.81. The highest BCUT2D eigenvalue weighted by Crippen LogP contribution is 2.30. The highest BCUT2D eigenvalue weighted by molar-refractivity contribution is 5.75. The van der Waals surface area contributed by atoms with Gasteiger partial charge >= 0.3 is 0 Å². The number of rotatable bonds is 5. The number of likely N-dealkylation sites (tertiary alicyclic amines) is 1. The van der Waals surface area contributed by atoms with Crippen molar-refractivity contribution in [1.29, 1.82) is 0 Å². The van der Waals surface area contributed by atoms with E-state index in [1.807, 2.05) is 12.4 Å². The summed E-state index contributed by atoms with van der Waals surface area (Å²) in [5.74, 6) is 2.46. The Labute approximate surface area is 160 Å². The Morgan fingerprint density at radius 3 is 2.48 bits per heavy atom. The Kier molecular flexibility index (Phi) is 5.07. The number of aromatic nitrogens is 4. The second kappa shape index (κ2) is 7.64. The first-order chi connectivity index (χ1) is 13.1. The van der Waals surface area contributed by atoms with Gasteiger partial charge in [0.1, 0.15) is 5.82 Å². The minimum atomic E-state index is 0.345. The smallest absolute Gasteiger partial charge is 0.222 e. The summed E-state index contributed by atoms with van der Waals surface area (Å²) in [6.45, 7) is 7.26. The lowest BCUT2D eigenvalue weighted by molar-refractivity contribution is 0.200. The van der Waals surface area contributed by atoms with Crippen molar-refractivity contribution in [2.24, 2.45) is 7.05 Å². The highest BCUT2D eigenvalue weighted by Gasteiger charge is 2.24. The van der Waals surface area contributed by atoms with Crippen LogP contribution in [0.1, 0.15) is 44.0 Å². The van der Waals surface area contributed by atoms with E-state index in [1.54, 1.807) is 0 Å². The molecule has 0 radical (unpaired) electrons. The van der Waals surface area contributed by atoms with Gasteiger partial charge in [0.25, 0.3) is 0 Å². The molecule has 0 unspecified atom stereocenters. The quantitative estimate of drug-likeness (QED) is 0.750. The molecule has 1 aliphatic heterocycles. The summed E-state index contributed by atoms with van der Waals surface area (Å²) in [7, 11) is 2.14. The van der Waals surface area contributed by atoms with E-state index in [1.165, 1.54) is 16.9 Å². The van der Waals surface area contributed by atoms with Gasteiger partial charge in [0.05, 0.1) is 11.0 Å². The molecular weight excluding hydrogens is 336 g/mol. The standard InChI is InChI=1S/C21H28N6/c1-15(2)24-21-22-12-16(13-23-21)14-27-10-8-17(9-11-27)20-25-18-6-4-5-7-19(18)26(20)3/h4-7,12-13,15,17H,8-11,14H2,1-3H3,(H,22,23,24). The van der Waals surface area contributed by atoms with Gasteiger partial charge in [-0.05, 0) is 51.9 Å². The molecule has 1 aromatic carbocycles. The van der Waals surface area contributed by atoms with E-state index in [0.29, 0.717) is 17.9 Å². The summed E-state index contributed by atoms with van der Waals surface area (Å²) in [6.07, 6.45) is 6.17. The third-order valence-corrected chi connectivity index (χ3v) is 5.30. The van der Waals surface area contributed by atoms with E-state index in [-0.39, 0.29) is 0 Å². The fourth-order valence-electron chi connectivity index (χ4n) is 3.91. The molecule has 6 nitrogen and oxygen atoms in total. The molecule has 0 bridgehead atoms. The van der Waals surface area contributed by atoms with Crippen molar-refractivity contribution in [2.75, 3.05) is 18.4 Å². The van der Waals surface area contributed by atoms with E-state index >= 15 is 0 Å². The Morgan fingerprint density at radius 1 is 1.11 bits per heavy atom. The molecule has 1 saturated heterocycles. The monoisotopic (exact) mass is 364 g/mol. The number of aryl methyl sites for hydroxylation is 1. The number of hydrogen-bond donors (Lipinski definition) is 1. The van der Waals surface area contributed by atoms with E-state index in [9.17, 15) is 0 Å². The summed E-state index contributed by atoms with van der Waals surface area (Å²) in [6, 6.07) is 8.74. The maximum Gasteiger partial charge on any atom is 0.222 e. The van der Waals surface area contributed by atoms with Crippen molar-refractivity contribution < 1.29 is 0 Å². The number of para-hydroxylation sites is 2. The number of piperidine rings is 1. The fourth-order valence-corrected chi connectivity index (χ4v) is 3.91. The molecule has 0 spiro atoms. The number of imidazole rings is 1. The van der Waals surface area contributed by atoms with Crippen LogP contribution in [0.5, 0.6) is 0 Å². The number of benzene rings is 1. The molecule has 0 saturated carbocycles. The van der Waals surface area contributed by atoms with Gasteiger partial charge in [-0.15, -0.1) is 0 Å².